The van der Waals surface area contributed by atoms with Crippen molar-refractivity contribution in [3.8, 4) is 11.5 Å². The molecule has 7 nitrogen and oxygen atoms in total. The van der Waals surface area contributed by atoms with Gasteiger partial charge in [-0.2, -0.15) is 0 Å². The lowest BCUT2D eigenvalue weighted by Crippen LogP contribution is -2.19. The Balaban J connectivity index is 1.53. The zero-order valence-electron chi connectivity index (χ0n) is 15.0. The molecule has 27 heavy (non-hydrogen) atoms. The minimum atomic E-state index is -0.666. The predicted octanol–water partition coefficient (Wildman–Crippen LogP) is 2.56. The van der Waals surface area contributed by atoms with E-state index >= 15 is 0 Å². The normalized spacial score (nSPS) is 14.9. The molecule has 0 fully saturated rings. The van der Waals surface area contributed by atoms with E-state index in [2.05, 4.69) is 5.32 Å². The van der Waals surface area contributed by atoms with Crippen molar-refractivity contribution in [3.63, 3.8) is 0 Å². The minimum Gasteiger partial charge on any atom is -0.493 e. The quantitative estimate of drug-likeness (QED) is 0.596. The van der Waals surface area contributed by atoms with Gasteiger partial charge in [0.2, 0.25) is 5.91 Å². The molecule has 0 saturated carbocycles. The summed E-state index contributed by atoms with van der Waals surface area (Å²) in [6, 6.07) is 11.8. The molecular weight excluding hydrogens is 350 g/mol. The summed E-state index contributed by atoms with van der Waals surface area (Å²) in [6.45, 7) is 1.03. The number of methoxy groups -OCH3 is 1. The number of para-hydroxylation sites is 2. The number of carbonyl (C=O) groups is 3. The molecule has 1 amide bonds. The predicted molar refractivity (Wildman–Crippen MR) is 97.3 cm³/mol. The Hall–Kier alpha value is -3.35. The topological polar surface area (TPSA) is 90.9 Å². The number of ether oxygens (including phenoxy) is 3. The van der Waals surface area contributed by atoms with Crippen LogP contribution in [-0.2, 0) is 14.3 Å². The largest absolute Gasteiger partial charge is 0.493 e. The lowest BCUT2D eigenvalue weighted by Gasteiger charge is -2.10. The molecule has 3 rings (SSSR count). The van der Waals surface area contributed by atoms with Crippen LogP contribution in [0.15, 0.2) is 42.5 Å². The van der Waals surface area contributed by atoms with Gasteiger partial charge < -0.3 is 19.5 Å². The molecule has 1 heterocycles. The molecule has 1 N–H and O–H groups in total. The number of benzene rings is 2. The molecule has 140 valence electrons. The third-order valence-corrected chi connectivity index (χ3v) is 4.27. The lowest BCUT2D eigenvalue weighted by molar-refractivity contribution is -0.144. The van der Waals surface area contributed by atoms with Gasteiger partial charge in [0.05, 0.1) is 13.0 Å². The van der Waals surface area contributed by atoms with Crippen molar-refractivity contribution in [3.05, 3.63) is 53.6 Å². The van der Waals surface area contributed by atoms with Crippen LogP contribution in [0.4, 0.5) is 5.69 Å². The summed E-state index contributed by atoms with van der Waals surface area (Å²) in [6.07, 6.45) is 0. The van der Waals surface area contributed by atoms with Crippen LogP contribution >= 0.6 is 0 Å². The number of esters is 1. The molecule has 7 heteroatoms. The van der Waals surface area contributed by atoms with Gasteiger partial charge in [0, 0.05) is 11.3 Å². The van der Waals surface area contributed by atoms with Gasteiger partial charge in [0.1, 0.15) is 0 Å². The number of rotatable bonds is 7. The summed E-state index contributed by atoms with van der Waals surface area (Å²) >= 11 is 0. The van der Waals surface area contributed by atoms with E-state index in [9.17, 15) is 14.4 Å². The van der Waals surface area contributed by atoms with Crippen molar-refractivity contribution in [2.45, 2.75) is 12.8 Å². The van der Waals surface area contributed by atoms with Gasteiger partial charge in [0.25, 0.3) is 0 Å². The highest BCUT2D eigenvalue weighted by molar-refractivity contribution is 6.05. The Morgan fingerprint density at radius 3 is 2.56 bits per heavy atom. The minimum absolute atomic E-state index is 0.102. The summed E-state index contributed by atoms with van der Waals surface area (Å²) in [5, 5.41) is 2.74. The average Bonchev–Trinajstić information content (AvgIpc) is 2.98. The number of Topliss-reactive ketones (excluding diaryl/α,β-unsaturated/α-hetero) is 1. The number of hydrogen-bond acceptors (Lipinski definition) is 6. The smallest absolute Gasteiger partial charge is 0.344 e. The molecule has 1 atom stereocenters. The van der Waals surface area contributed by atoms with E-state index in [4.69, 9.17) is 14.2 Å². The van der Waals surface area contributed by atoms with Gasteiger partial charge in [0.15, 0.2) is 30.5 Å². The van der Waals surface area contributed by atoms with Crippen molar-refractivity contribution in [2.75, 3.05) is 25.6 Å². The van der Waals surface area contributed by atoms with Crippen LogP contribution in [0.2, 0.25) is 0 Å². The monoisotopic (exact) mass is 369 g/mol. The van der Waals surface area contributed by atoms with Crippen molar-refractivity contribution in [1.29, 1.82) is 0 Å². The molecule has 1 aliphatic rings. The van der Waals surface area contributed by atoms with Crippen LogP contribution in [0.5, 0.6) is 11.5 Å². The van der Waals surface area contributed by atoms with Crippen LogP contribution in [0.3, 0.4) is 0 Å². The fourth-order valence-electron chi connectivity index (χ4n) is 2.74. The highest BCUT2D eigenvalue weighted by atomic mass is 16.6. The average molecular weight is 369 g/mol. The molecule has 0 bridgehead atoms. The molecule has 1 aliphatic heterocycles. The fourth-order valence-corrected chi connectivity index (χ4v) is 2.74. The first-order valence-electron chi connectivity index (χ1n) is 8.39. The zero-order chi connectivity index (χ0) is 19.4. The van der Waals surface area contributed by atoms with E-state index < -0.39 is 12.6 Å². The number of anilines is 1. The van der Waals surface area contributed by atoms with Crippen molar-refractivity contribution >= 4 is 23.3 Å². The summed E-state index contributed by atoms with van der Waals surface area (Å²) in [5.74, 6) is -0.528. The molecule has 0 aliphatic carbocycles. The third-order valence-electron chi connectivity index (χ3n) is 4.27. The van der Waals surface area contributed by atoms with E-state index in [0.29, 0.717) is 22.7 Å². The highest BCUT2D eigenvalue weighted by Gasteiger charge is 2.27. The maximum atomic E-state index is 12.3. The van der Waals surface area contributed by atoms with Crippen LogP contribution in [-0.4, -0.2) is 38.0 Å². The van der Waals surface area contributed by atoms with Crippen LogP contribution in [0, 0.1) is 0 Å². The molecular formula is C20H19NO6. The number of hydrogen-bond donors (Lipinski definition) is 1. The summed E-state index contributed by atoms with van der Waals surface area (Å²) in [5.41, 5.74) is 1.85. The molecule has 2 aromatic carbocycles. The number of nitrogens with one attached hydrogen (secondary N) is 1. The van der Waals surface area contributed by atoms with Gasteiger partial charge in [-0.05, 0) is 42.8 Å². The SMILES string of the molecule is COc1ccccc1OCC(=O)OCC(=O)c1ccc2c(c1)[C@@H](C)C(=O)N2. The molecule has 0 radical (unpaired) electrons. The third kappa shape index (κ3) is 4.08. The van der Waals surface area contributed by atoms with E-state index in [-0.39, 0.29) is 24.2 Å². The number of fused-ring (bicyclic) bond motifs is 1. The second-order valence-corrected chi connectivity index (χ2v) is 6.04. The molecule has 0 spiro atoms. The van der Waals surface area contributed by atoms with Crippen molar-refractivity contribution in [2.24, 2.45) is 0 Å². The molecule has 0 aromatic heterocycles. The lowest BCUT2D eigenvalue weighted by atomic mass is 9.99. The number of ketones is 1. The second-order valence-electron chi connectivity index (χ2n) is 6.04. The molecule has 2 aromatic rings. The molecule has 0 unspecified atom stereocenters. The Morgan fingerprint density at radius 2 is 1.81 bits per heavy atom. The second kappa shape index (κ2) is 7.90. The van der Waals surface area contributed by atoms with Crippen molar-refractivity contribution in [1.82, 2.24) is 0 Å². The maximum absolute atomic E-state index is 12.3. The Labute approximate surface area is 156 Å². The van der Waals surface area contributed by atoms with Gasteiger partial charge in [-0.25, -0.2) is 4.79 Å². The van der Waals surface area contributed by atoms with Crippen molar-refractivity contribution < 1.29 is 28.6 Å². The van der Waals surface area contributed by atoms with Crippen LogP contribution < -0.4 is 14.8 Å². The van der Waals surface area contributed by atoms with E-state index in [1.807, 2.05) is 0 Å². The first kappa shape index (κ1) is 18.4. The first-order valence-corrected chi connectivity index (χ1v) is 8.39. The Morgan fingerprint density at radius 1 is 1.07 bits per heavy atom. The summed E-state index contributed by atoms with van der Waals surface area (Å²) < 4.78 is 15.5. The zero-order valence-corrected chi connectivity index (χ0v) is 15.0. The van der Waals surface area contributed by atoms with Gasteiger partial charge in [-0.15, -0.1) is 0 Å². The first-order chi connectivity index (χ1) is 13.0. The Bertz CT molecular complexity index is 892. The Kier molecular flexibility index (Phi) is 5.40. The van der Waals surface area contributed by atoms with Crippen LogP contribution in [0.1, 0.15) is 28.8 Å². The van der Waals surface area contributed by atoms with E-state index in [1.165, 1.54) is 7.11 Å². The van der Waals surface area contributed by atoms with Crippen LogP contribution in [0.25, 0.3) is 0 Å². The summed E-state index contributed by atoms with van der Waals surface area (Å²) in [7, 11) is 1.50. The number of amides is 1. The fraction of sp³-hybridized carbons (Fsp3) is 0.250. The van der Waals surface area contributed by atoms with E-state index in [0.717, 1.165) is 5.56 Å². The number of carbonyl (C=O) groups excluding carboxylic acids is 3. The standard InChI is InChI=1S/C20H19NO6/c1-12-14-9-13(7-8-15(14)21-20(12)24)16(22)10-27-19(23)11-26-18-6-4-3-5-17(18)25-2/h3-9,12H,10-11H2,1-2H3,(H,21,24)/t12-/m1/s1. The van der Waals surface area contributed by atoms with Gasteiger partial charge in [-0.1, -0.05) is 12.1 Å². The van der Waals surface area contributed by atoms with Gasteiger partial charge in [-0.3, -0.25) is 9.59 Å². The van der Waals surface area contributed by atoms with E-state index in [1.54, 1.807) is 49.4 Å². The van der Waals surface area contributed by atoms with Gasteiger partial charge >= 0.3 is 5.97 Å². The summed E-state index contributed by atoms with van der Waals surface area (Å²) in [4.78, 5) is 35.8. The maximum Gasteiger partial charge on any atom is 0.344 e. The molecule has 0 saturated heterocycles. The highest BCUT2D eigenvalue weighted by Crippen LogP contribution is 2.32.